The van der Waals surface area contributed by atoms with Crippen molar-refractivity contribution >= 4 is 11.9 Å². The molecule has 0 unspecified atom stereocenters. The zero-order valence-electron chi connectivity index (χ0n) is 7.81. The van der Waals surface area contributed by atoms with Crippen molar-refractivity contribution in [3.63, 3.8) is 0 Å². The van der Waals surface area contributed by atoms with Gasteiger partial charge in [0.05, 0.1) is 5.69 Å². The molecular formula is C9H17N3. The van der Waals surface area contributed by atoms with Crippen LogP contribution >= 0.6 is 0 Å². The van der Waals surface area contributed by atoms with E-state index in [1.165, 1.54) is 0 Å². The third kappa shape index (κ3) is 1.87. The molecule has 1 rings (SSSR count). The molecule has 0 amide bonds. The van der Waals surface area contributed by atoms with E-state index in [0.717, 1.165) is 23.8 Å². The first-order valence-electron chi connectivity index (χ1n) is 4.18. The van der Waals surface area contributed by atoms with Crippen LogP contribution in [0.15, 0.2) is 6.08 Å². The smallest absolute Gasteiger partial charge is 0.151 e. The fraction of sp³-hybridized carbons (Fsp3) is 0.444. The molecule has 0 aliphatic carbocycles. The molecule has 0 bridgehead atoms. The first-order chi connectivity index (χ1) is 5.77. The summed E-state index contributed by atoms with van der Waals surface area (Å²) in [5, 5.41) is 3.03. The van der Waals surface area contributed by atoms with Gasteiger partial charge in [0, 0.05) is 8.47 Å². The van der Waals surface area contributed by atoms with E-state index in [-0.39, 0.29) is 1.43 Å². The van der Waals surface area contributed by atoms with Crippen molar-refractivity contribution in [3.05, 3.63) is 17.6 Å². The van der Waals surface area contributed by atoms with Gasteiger partial charge >= 0.3 is 0 Å². The summed E-state index contributed by atoms with van der Waals surface area (Å²) in [5.74, 6) is 1.85. The van der Waals surface area contributed by atoms with Gasteiger partial charge in [0.25, 0.3) is 0 Å². The summed E-state index contributed by atoms with van der Waals surface area (Å²) in [4.78, 5) is 7.43. The summed E-state index contributed by atoms with van der Waals surface area (Å²) in [6.07, 6.45) is 5.20. The Morgan fingerprint density at radius 1 is 1.67 bits per heavy atom. The van der Waals surface area contributed by atoms with E-state index in [0.29, 0.717) is 0 Å². The largest absolute Gasteiger partial charge is 0.371 e. The molecule has 0 fully saturated rings. The number of imidazole rings is 1. The standard InChI is InChI=1S/C9H15N3.H2/c1-4-5-6-8-9(10-3)12-7(2)11-8;/h5-6,10H,4H2,1-3H3,(H,11,12);1H/b6-5-;. The van der Waals surface area contributed by atoms with Crippen LogP contribution in [0.4, 0.5) is 5.82 Å². The van der Waals surface area contributed by atoms with E-state index in [4.69, 9.17) is 0 Å². The van der Waals surface area contributed by atoms with Crippen LogP contribution in [-0.2, 0) is 0 Å². The first kappa shape index (κ1) is 8.84. The average molecular weight is 167 g/mol. The summed E-state index contributed by atoms with van der Waals surface area (Å²) in [6, 6.07) is 0. The van der Waals surface area contributed by atoms with Crippen LogP contribution in [0.2, 0.25) is 0 Å². The molecule has 3 heteroatoms. The molecule has 12 heavy (non-hydrogen) atoms. The van der Waals surface area contributed by atoms with Crippen molar-refractivity contribution in [2.24, 2.45) is 0 Å². The topological polar surface area (TPSA) is 40.7 Å². The fourth-order valence-corrected chi connectivity index (χ4v) is 1.06. The average Bonchev–Trinajstić information content (AvgIpc) is 2.42. The Labute approximate surface area is 74.4 Å². The van der Waals surface area contributed by atoms with E-state index in [1.807, 2.05) is 20.0 Å². The van der Waals surface area contributed by atoms with Crippen molar-refractivity contribution < 1.29 is 1.43 Å². The lowest BCUT2D eigenvalue weighted by molar-refractivity contribution is 1.14. The monoisotopic (exact) mass is 167 g/mol. The zero-order chi connectivity index (χ0) is 8.97. The lowest BCUT2D eigenvalue weighted by Crippen LogP contribution is -1.89. The molecule has 0 aliphatic rings. The summed E-state index contributed by atoms with van der Waals surface area (Å²) in [5.41, 5.74) is 1.05. The second-order valence-electron chi connectivity index (χ2n) is 2.65. The van der Waals surface area contributed by atoms with Crippen LogP contribution < -0.4 is 5.32 Å². The predicted molar refractivity (Wildman–Crippen MR) is 54.3 cm³/mol. The Balaban J connectivity index is 0.00000144. The van der Waals surface area contributed by atoms with Crippen LogP contribution in [0.3, 0.4) is 0 Å². The molecule has 1 aromatic heterocycles. The van der Waals surface area contributed by atoms with Gasteiger partial charge in [0.1, 0.15) is 5.82 Å². The number of nitrogens with one attached hydrogen (secondary N) is 2. The third-order valence-corrected chi connectivity index (χ3v) is 1.61. The predicted octanol–water partition coefficient (Wildman–Crippen LogP) is 2.43. The van der Waals surface area contributed by atoms with E-state index in [2.05, 4.69) is 28.3 Å². The number of nitrogens with zero attached hydrogens (tertiary/aromatic N) is 1. The highest BCUT2D eigenvalue weighted by Crippen LogP contribution is 2.12. The molecule has 0 aromatic carbocycles. The second kappa shape index (κ2) is 3.95. The first-order valence-corrected chi connectivity index (χ1v) is 4.18. The van der Waals surface area contributed by atoms with Gasteiger partial charge in [0.15, 0.2) is 5.82 Å². The number of hydrogen-bond acceptors (Lipinski definition) is 2. The molecule has 1 heterocycles. The van der Waals surface area contributed by atoms with E-state index in [9.17, 15) is 0 Å². The maximum atomic E-state index is 4.26. The molecule has 0 atom stereocenters. The van der Waals surface area contributed by atoms with E-state index in [1.54, 1.807) is 0 Å². The molecule has 0 aliphatic heterocycles. The number of H-pyrrole nitrogens is 1. The summed E-state index contributed by atoms with van der Waals surface area (Å²) in [6.45, 7) is 4.06. The van der Waals surface area contributed by atoms with Crippen molar-refractivity contribution in [3.8, 4) is 0 Å². The number of aryl methyl sites for hydroxylation is 1. The normalized spacial score (nSPS) is 10.9. The number of hydrogen-bond donors (Lipinski definition) is 2. The highest BCUT2D eigenvalue weighted by molar-refractivity contribution is 5.59. The Kier molecular flexibility index (Phi) is 2.91. The van der Waals surface area contributed by atoms with Crippen LogP contribution in [-0.4, -0.2) is 17.0 Å². The zero-order valence-corrected chi connectivity index (χ0v) is 7.81. The van der Waals surface area contributed by atoms with Crippen LogP contribution in [0.25, 0.3) is 6.08 Å². The highest BCUT2D eigenvalue weighted by atomic mass is 15.1. The Morgan fingerprint density at radius 3 is 3.00 bits per heavy atom. The molecule has 0 radical (unpaired) electrons. The maximum Gasteiger partial charge on any atom is 0.151 e. The van der Waals surface area contributed by atoms with Gasteiger partial charge in [0.2, 0.25) is 0 Å². The van der Waals surface area contributed by atoms with Crippen LogP contribution in [0.5, 0.6) is 0 Å². The number of rotatable bonds is 3. The minimum atomic E-state index is 0. The fourth-order valence-electron chi connectivity index (χ4n) is 1.06. The quantitative estimate of drug-likeness (QED) is 0.726. The van der Waals surface area contributed by atoms with Gasteiger partial charge in [-0.25, -0.2) is 4.98 Å². The minimum Gasteiger partial charge on any atom is -0.371 e. The van der Waals surface area contributed by atoms with Crippen LogP contribution in [0, 0.1) is 6.92 Å². The molecule has 0 spiro atoms. The van der Waals surface area contributed by atoms with Crippen molar-refractivity contribution in [2.45, 2.75) is 20.3 Å². The van der Waals surface area contributed by atoms with Gasteiger partial charge in [-0.05, 0) is 19.4 Å². The summed E-state index contributed by atoms with van der Waals surface area (Å²) < 4.78 is 0. The summed E-state index contributed by atoms with van der Waals surface area (Å²) >= 11 is 0. The number of aromatic nitrogens is 2. The van der Waals surface area contributed by atoms with Crippen molar-refractivity contribution in [2.75, 3.05) is 12.4 Å². The van der Waals surface area contributed by atoms with Crippen molar-refractivity contribution in [1.82, 2.24) is 9.97 Å². The third-order valence-electron chi connectivity index (χ3n) is 1.61. The lowest BCUT2D eigenvalue weighted by atomic mass is 10.3. The van der Waals surface area contributed by atoms with Gasteiger partial charge < -0.3 is 10.3 Å². The Morgan fingerprint density at radius 2 is 2.42 bits per heavy atom. The van der Waals surface area contributed by atoms with Gasteiger partial charge in [-0.2, -0.15) is 0 Å². The second-order valence-corrected chi connectivity index (χ2v) is 2.65. The molecule has 3 nitrogen and oxygen atoms in total. The lowest BCUT2D eigenvalue weighted by Gasteiger charge is -1.93. The summed E-state index contributed by atoms with van der Waals surface area (Å²) in [7, 11) is 1.87. The van der Waals surface area contributed by atoms with E-state index >= 15 is 0 Å². The van der Waals surface area contributed by atoms with E-state index < -0.39 is 0 Å². The number of allylic oxidation sites excluding steroid dienone is 1. The molecule has 0 saturated heterocycles. The van der Waals surface area contributed by atoms with Gasteiger partial charge in [-0.1, -0.05) is 13.0 Å². The molecule has 1 aromatic rings. The molecule has 2 N–H and O–H groups in total. The SMILES string of the molecule is CC/C=C\c1[nH]c(C)nc1NC.[HH]. The van der Waals surface area contributed by atoms with Crippen molar-refractivity contribution in [1.29, 1.82) is 0 Å². The highest BCUT2D eigenvalue weighted by Gasteiger charge is 2.01. The molecule has 0 saturated carbocycles. The van der Waals surface area contributed by atoms with Crippen LogP contribution in [0.1, 0.15) is 26.3 Å². The Bertz CT molecular complexity index is 278. The Hall–Kier alpha value is -1.25. The molecular weight excluding hydrogens is 150 g/mol. The van der Waals surface area contributed by atoms with Gasteiger partial charge in [-0.15, -0.1) is 0 Å². The number of anilines is 1. The minimum absolute atomic E-state index is 0. The maximum absolute atomic E-state index is 4.26. The van der Waals surface area contributed by atoms with Gasteiger partial charge in [-0.3, -0.25) is 0 Å². The molecule has 68 valence electrons. The number of aromatic amines is 1.